The average Bonchev–Trinajstić information content (AvgIpc) is 3.65. The number of fused-ring (bicyclic) bond motifs is 1. The Hall–Kier alpha value is -3.68. The molecule has 5 rings (SSSR count). The van der Waals surface area contributed by atoms with E-state index < -0.39 is 6.04 Å². The Morgan fingerprint density at radius 1 is 1.05 bits per heavy atom. The summed E-state index contributed by atoms with van der Waals surface area (Å²) in [7, 11) is 3.49. The minimum absolute atomic E-state index is 0.0282. The van der Waals surface area contributed by atoms with Gasteiger partial charge in [-0.15, -0.1) is 0 Å². The van der Waals surface area contributed by atoms with Gasteiger partial charge in [-0.3, -0.25) is 19.1 Å². The molecule has 1 aromatic carbocycles. The van der Waals surface area contributed by atoms with E-state index in [2.05, 4.69) is 16.4 Å². The number of likely N-dealkylation sites (tertiary alicyclic amines) is 1. The van der Waals surface area contributed by atoms with Crippen molar-refractivity contribution in [3.05, 3.63) is 54.5 Å². The fourth-order valence-corrected chi connectivity index (χ4v) is 6.46. The number of nitrogens with zero attached hydrogens (tertiary/aromatic N) is 4. The molecule has 1 aliphatic carbocycles. The Kier molecular flexibility index (Phi) is 8.76. The van der Waals surface area contributed by atoms with Crippen LogP contribution in [0, 0.1) is 11.8 Å². The van der Waals surface area contributed by atoms with Gasteiger partial charge in [0.2, 0.25) is 11.8 Å². The molecule has 0 spiro atoms. The van der Waals surface area contributed by atoms with Crippen molar-refractivity contribution in [3.8, 4) is 11.1 Å². The molecule has 3 amide bonds. The van der Waals surface area contributed by atoms with E-state index in [1.807, 2.05) is 61.6 Å². The molecule has 2 unspecified atom stereocenters. The first-order chi connectivity index (χ1) is 19.8. The lowest BCUT2D eigenvalue weighted by atomic mass is 9.83. The number of nitrogens with one attached hydrogen (secondary N) is 1. The van der Waals surface area contributed by atoms with Crippen LogP contribution in [0.25, 0.3) is 22.0 Å². The highest BCUT2D eigenvalue weighted by molar-refractivity contribution is 6.01. The number of carbonyl (C=O) groups excluding carboxylic acids is 3. The molecule has 3 heterocycles. The molecule has 2 aromatic heterocycles. The van der Waals surface area contributed by atoms with Gasteiger partial charge < -0.3 is 15.1 Å². The normalized spacial score (nSPS) is 19.2. The van der Waals surface area contributed by atoms with E-state index in [1.165, 1.54) is 6.42 Å². The second kappa shape index (κ2) is 12.5. The number of benzene rings is 1. The molecule has 1 N–H and O–H groups in total. The van der Waals surface area contributed by atoms with E-state index in [0.29, 0.717) is 6.54 Å². The van der Waals surface area contributed by atoms with Crippen LogP contribution in [-0.2, 0) is 9.59 Å². The van der Waals surface area contributed by atoms with Crippen LogP contribution in [0.4, 0.5) is 4.79 Å². The Morgan fingerprint density at radius 2 is 1.80 bits per heavy atom. The number of pyridine rings is 1. The Balaban J connectivity index is 1.46. The van der Waals surface area contributed by atoms with Crippen LogP contribution in [-0.4, -0.2) is 63.9 Å². The third kappa shape index (κ3) is 5.88. The molecule has 3 atom stereocenters. The number of hydrogen-bond acceptors (Lipinski definition) is 4. The Morgan fingerprint density at radius 3 is 2.54 bits per heavy atom. The summed E-state index contributed by atoms with van der Waals surface area (Å²) in [4.78, 5) is 48.2. The molecule has 3 aromatic rings. The number of para-hydroxylation sites is 1. The molecular formula is C33H43N5O3. The van der Waals surface area contributed by atoms with Crippen LogP contribution in [0.15, 0.2) is 48.9 Å². The van der Waals surface area contributed by atoms with Crippen molar-refractivity contribution in [2.45, 2.75) is 77.3 Å². The maximum absolute atomic E-state index is 14.2. The largest absolute Gasteiger partial charge is 0.344 e. The molecule has 2 fully saturated rings. The van der Waals surface area contributed by atoms with E-state index in [1.54, 1.807) is 23.6 Å². The predicted molar refractivity (Wildman–Crippen MR) is 161 cm³/mol. The first kappa shape index (κ1) is 28.8. The highest BCUT2D eigenvalue weighted by Crippen LogP contribution is 2.37. The molecule has 1 saturated carbocycles. The van der Waals surface area contributed by atoms with Gasteiger partial charge in [-0.05, 0) is 55.7 Å². The second-order valence-corrected chi connectivity index (χ2v) is 12.0. The lowest BCUT2D eigenvalue weighted by Crippen LogP contribution is -2.53. The molecule has 218 valence electrons. The highest BCUT2D eigenvalue weighted by atomic mass is 16.2. The average molecular weight is 558 g/mol. The molecular weight excluding hydrogens is 514 g/mol. The maximum atomic E-state index is 14.2. The van der Waals surface area contributed by atoms with Crippen molar-refractivity contribution < 1.29 is 14.4 Å². The van der Waals surface area contributed by atoms with Crippen molar-refractivity contribution in [3.63, 3.8) is 0 Å². The maximum Gasteiger partial charge on any atom is 0.328 e. The predicted octanol–water partition coefficient (Wildman–Crippen LogP) is 6.01. The molecule has 41 heavy (non-hydrogen) atoms. The summed E-state index contributed by atoms with van der Waals surface area (Å²) < 4.78 is 1.68. The van der Waals surface area contributed by atoms with Crippen molar-refractivity contribution in [1.82, 2.24) is 24.7 Å². The zero-order valence-electron chi connectivity index (χ0n) is 24.8. The number of amides is 3. The summed E-state index contributed by atoms with van der Waals surface area (Å²) in [6, 6.07) is 9.31. The number of carbonyl (C=O) groups is 3. The summed E-state index contributed by atoms with van der Waals surface area (Å²) >= 11 is 0. The Bertz CT molecular complexity index is 1410. The fourth-order valence-electron chi connectivity index (χ4n) is 6.46. The van der Waals surface area contributed by atoms with Crippen molar-refractivity contribution in [2.75, 3.05) is 20.6 Å². The van der Waals surface area contributed by atoms with Gasteiger partial charge in [0.25, 0.3) is 0 Å². The first-order valence-electron chi connectivity index (χ1n) is 15.2. The first-order valence-corrected chi connectivity index (χ1v) is 15.2. The van der Waals surface area contributed by atoms with Crippen LogP contribution in [0.1, 0.15) is 76.8 Å². The van der Waals surface area contributed by atoms with E-state index >= 15 is 0 Å². The van der Waals surface area contributed by atoms with Crippen LogP contribution in [0.2, 0.25) is 0 Å². The monoisotopic (exact) mass is 557 g/mol. The van der Waals surface area contributed by atoms with Crippen molar-refractivity contribution in [1.29, 1.82) is 0 Å². The molecule has 1 aliphatic heterocycles. The van der Waals surface area contributed by atoms with Crippen LogP contribution in [0.5, 0.6) is 0 Å². The zero-order chi connectivity index (χ0) is 29.1. The third-order valence-electron chi connectivity index (χ3n) is 9.04. The third-order valence-corrected chi connectivity index (χ3v) is 9.04. The van der Waals surface area contributed by atoms with Crippen molar-refractivity contribution >= 4 is 28.7 Å². The van der Waals surface area contributed by atoms with Crippen LogP contribution in [0.3, 0.4) is 0 Å². The van der Waals surface area contributed by atoms with Gasteiger partial charge in [0.1, 0.15) is 6.04 Å². The van der Waals surface area contributed by atoms with E-state index in [9.17, 15) is 14.4 Å². The summed E-state index contributed by atoms with van der Waals surface area (Å²) in [5.74, 6) is 0.0649. The summed E-state index contributed by atoms with van der Waals surface area (Å²) in [6.07, 6.45) is 13.4. The minimum atomic E-state index is -0.483. The smallest absolute Gasteiger partial charge is 0.328 e. The highest BCUT2D eigenvalue weighted by Gasteiger charge is 2.39. The number of rotatable bonds is 7. The lowest BCUT2D eigenvalue weighted by Gasteiger charge is -2.35. The van der Waals surface area contributed by atoms with Gasteiger partial charge in [-0.1, -0.05) is 51.3 Å². The minimum Gasteiger partial charge on any atom is -0.344 e. The molecule has 0 radical (unpaired) electrons. The Labute approximate surface area is 243 Å². The van der Waals surface area contributed by atoms with Crippen LogP contribution >= 0.6 is 0 Å². The van der Waals surface area contributed by atoms with Crippen molar-refractivity contribution in [2.24, 2.45) is 11.8 Å². The standard InChI is InChI=1S/C33H43N5O3/c1-5-22(2)31(39)35-30(23-12-7-6-8-13-23)32(40)37-17-11-16-28(37)25-18-24(19-34-20-25)27-21-38(33(41)36(3)4)29-15-10-9-14-26(27)29/h9-10,14-15,18-23,28,30H,5-8,11-13,16-17H2,1-4H3,(H,35,39)/t22-,28?,30?/m1/s1. The number of hydrogen-bond donors (Lipinski definition) is 1. The molecule has 2 aliphatic rings. The van der Waals surface area contributed by atoms with Crippen LogP contribution < -0.4 is 5.32 Å². The van der Waals surface area contributed by atoms with Gasteiger partial charge >= 0.3 is 6.03 Å². The fraction of sp³-hybridized carbons (Fsp3) is 0.515. The van der Waals surface area contributed by atoms with E-state index in [-0.39, 0.29) is 35.7 Å². The van der Waals surface area contributed by atoms with Gasteiger partial charge in [0.15, 0.2) is 0 Å². The zero-order valence-corrected chi connectivity index (χ0v) is 24.8. The van der Waals surface area contributed by atoms with Gasteiger partial charge in [0, 0.05) is 61.7 Å². The number of aromatic nitrogens is 2. The van der Waals surface area contributed by atoms with Gasteiger partial charge in [0.05, 0.1) is 11.6 Å². The molecule has 1 saturated heterocycles. The second-order valence-electron chi connectivity index (χ2n) is 12.0. The summed E-state index contributed by atoms with van der Waals surface area (Å²) in [5, 5.41) is 4.16. The van der Waals surface area contributed by atoms with E-state index in [4.69, 9.17) is 0 Å². The topological polar surface area (TPSA) is 87.5 Å². The molecule has 8 nitrogen and oxygen atoms in total. The molecule has 0 bridgehead atoms. The lowest BCUT2D eigenvalue weighted by molar-refractivity contribution is -0.140. The van der Waals surface area contributed by atoms with Gasteiger partial charge in [-0.25, -0.2) is 4.79 Å². The van der Waals surface area contributed by atoms with Gasteiger partial charge in [-0.2, -0.15) is 0 Å². The quantitative estimate of drug-likeness (QED) is 0.386. The van der Waals surface area contributed by atoms with E-state index in [0.717, 1.165) is 72.5 Å². The summed E-state index contributed by atoms with van der Waals surface area (Å²) in [5.41, 5.74) is 3.68. The SMILES string of the molecule is CC[C@@H](C)C(=O)NC(C(=O)N1CCCC1c1cncc(-c2cn(C(=O)N(C)C)c3ccccc23)c1)C1CCCCC1. The molecule has 8 heteroatoms. The summed E-state index contributed by atoms with van der Waals surface area (Å²) in [6.45, 7) is 4.61.